The number of thiophene rings is 1. The summed E-state index contributed by atoms with van der Waals surface area (Å²) in [6.07, 6.45) is 0.964. The van der Waals surface area contributed by atoms with Crippen LogP contribution in [-0.4, -0.2) is 4.57 Å². The molecule has 5 heteroatoms. The number of benzene rings is 1. The minimum Gasteiger partial charge on any atom is -0.408 e. The number of fused-ring (bicyclic) bond motifs is 1. The van der Waals surface area contributed by atoms with E-state index in [1.165, 1.54) is 5.56 Å². The maximum atomic E-state index is 11.7. The first-order chi connectivity index (χ1) is 10.2. The molecule has 1 atom stereocenters. The summed E-state index contributed by atoms with van der Waals surface area (Å²) < 4.78 is 6.92. The Labute approximate surface area is 131 Å². The molecule has 0 saturated carbocycles. The maximum Gasteiger partial charge on any atom is 0.419 e. The van der Waals surface area contributed by atoms with Gasteiger partial charge >= 0.3 is 5.76 Å². The molecule has 21 heavy (non-hydrogen) atoms. The summed E-state index contributed by atoms with van der Waals surface area (Å²) in [5.74, 6) is -0.318. The SMILES string of the molecule is CCc1ccsc1C(Cl)c1ccc2c(c1)oc(=O)n2CC. The standard InChI is InChI=1S/C16H16ClNO2S/c1-3-10-7-8-21-15(10)14(17)11-5-6-12-13(9-11)20-16(19)18(12)4-2/h5-9,14H,3-4H2,1-2H3. The van der Waals surface area contributed by atoms with Crippen LogP contribution in [0.25, 0.3) is 11.1 Å². The lowest BCUT2D eigenvalue weighted by atomic mass is 10.1. The summed E-state index contributed by atoms with van der Waals surface area (Å²) in [6.45, 7) is 4.65. The molecule has 0 amide bonds. The van der Waals surface area contributed by atoms with Crippen molar-refractivity contribution < 1.29 is 4.42 Å². The van der Waals surface area contributed by atoms with Gasteiger partial charge in [-0.1, -0.05) is 13.0 Å². The molecular weight excluding hydrogens is 306 g/mol. The molecule has 0 spiro atoms. The first-order valence-corrected chi connectivity index (χ1v) is 8.31. The van der Waals surface area contributed by atoms with E-state index in [0.29, 0.717) is 12.1 Å². The van der Waals surface area contributed by atoms with Gasteiger partial charge in [0, 0.05) is 11.4 Å². The molecule has 2 aromatic heterocycles. The Morgan fingerprint density at radius 1 is 1.33 bits per heavy atom. The average Bonchev–Trinajstić information content (AvgIpc) is 3.08. The number of rotatable bonds is 4. The monoisotopic (exact) mass is 321 g/mol. The quantitative estimate of drug-likeness (QED) is 0.660. The number of aromatic nitrogens is 1. The molecule has 0 fully saturated rings. The number of alkyl halides is 1. The number of nitrogens with zero attached hydrogens (tertiary/aromatic N) is 1. The molecule has 0 saturated heterocycles. The van der Waals surface area contributed by atoms with E-state index in [2.05, 4.69) is 18.4 Å². The highest BCUT2D eigenvalue weighted by Crippen LogP contribution is 2.36. The largest absolute Gasteiger partial charge is 0.419 e. The highest BCUT2D eigenvalue weighted by molar-refractivity contribution is 7.10. The van der Waals surface area contributed by atoms with Crippen molar-refractivity contribution in [3.63, 3.8) is 0 Å². The minimum atomic E-state index is -0.318. The van der Waals surface area contributed by atoms with E-state index < -0.39 is 0 Å². The molecule has 0 N–H and O–H groups in total. The van der Waals surface area contributed by atoms with Crippen LogP contribution in [0.2, 0.25) is 0 Å². The van der Waals surface area contributed by atoms with Gasteiger partial charge in [0.05, 0.1) is 10.9 Å². The van der Waals surface area contributed by atoms with Crippen LogP contribution >= 0.6 is 22.9 Å². The second-order valence-electron chi connectivity index (χ2n) is 4.87. The van der Waals surface area contributed by atoms with Gasteiger partial charge in [0.25, 0.3) is 0 Å². The Hall–Kier alpha value is -1.52. The highest BCUT2D eigenvalue weighted by atomic mass is 35.5. The lowest BCUT2D eigenvalue weighted by molar-refractivity contribution is 0.513. The smallest absolute Gasteiger partial charge is 0.408 e. The second-order valence-corrected chi connectivity index (χ2v) is 6.25. The topological polar surface area (TPSA) is 35.1 Å². The van der Waals surface area contributed by atoms with E-state index in [9.17, 15) is 4.79 Å². The summed E-state index contributed by atoms with van der Waals surface area (Å²) in [7, 11) is 0. The number of hydrogen-bond donors (Lipinski definition) is 0. The van der Waals surface area contributed by atoms with Crippen molar-refractivity contribution in [2.24, 2.45) is 0 Å². The van der Waals surface area contributed by atoms with Gasteiger partial charge in [-0.05, 0) is 48.1 Å². The predicted octanol–water partition coefficient (Wildman–Crippen LogP) is 4.57. The van der Waals surface area contributed by atoms with Crippen LogP contribution < -0.4 is 5.76 Å². The van der Waals surface area contributed by atoms with Crippen molar-refractivity contribution in [1.29, 1.82) is 0 Å². The van der Waals surface area contributed by atoms with Crippen molar-refractivity contribution in [1.82, 2.24) is 4.57 Å². The fourth-order valence-electron chi connectivity index (χ4n) is 2.55. The van der Waals surface area contributed by atoms with Gasteiger partial charge in [-0.2, -0.15) is 0 Å². The van der Waals surface area contributed by atoms with E-state index in [1.54, 1.807) is 15.9 Å². The second kappa shape index (κ2) is 5.70. The van der Waals surface area contributed by atoms with Gasteiger partial charge in [0.2, 0.25) is 0 Å². The third-order valence-corrected chi connectivity index (χ3v) is 5.32. The Morgan fingerprint density at radius 3 is 2.86 bits per heavy atom. The fourth-order valence-corrected chi connectivity index (χ4v) is 3.98. The van der Waals surface area contributed by atoms with Crippen molar-refractivity contribution in [2.45, 2.75) is 32.2 Å². The van der Waals surface area contributed by atoms with E-state index in [1.807, 2.05) is 25.1 Å². The molecule has 0 aliphatic rings. The Morgan fingerprint density at radius 2 is 2.14 bits per heavy atom. The molecule has 0 bridgehead atoms. The number of oxazole rings is 1. The molecule has 3 aromatic rings. The van der Waals surface area contributed by atoms with Crippen LogP contribution in [-0.2, 0) is 13.0 Å². The van der Waals surface area contributed by atoms with Crippen LogP contribution in [0.4, 0.5) is 0 Å². The zero-order valence-electron chi connectivity index (χ0n) is 11.9. The molecule has 2 heterocycles. The van der Waals surface area contributed by atoms with Crippen molar-refractivity contribution in [3.05, 3.63) is 56.2 Å². The van der Waals surface area contributed by atoms with Gasteiger partial charge in [0.15, 0.2) is 5.58 Å². The van der Waals surface area contributed by atoms with Crippen molar-refractivity contribution >= 4 is 34.0 Å². The van der Waals surface area contributed by atoms with Gasteiger partial charge in [-0.3, -0.25) is 4.57 Å². The summed E-state index contributed by atoms with van der Waals surface area (Å²) in [6, 6.07) is 7.87. The lowest BCUT2D eigenvalue weighted by Gasteiger charge is -2.10. The summed E-state index contributed by atoms with van der Waals surface area (Å²) in [4.78, 5) is 12.9. The van der Waals surface area contributed by atoms with Crippen molar-refractivity contribution in [3.8, 4) is 0 Å². The number of hydrogen-bond acceptors (Lipinski definition) is 3. The number of aryl methyl sites for hydroxylation is 2. The van der Waals surface area contributed by atoms with Crippen LogP contribution in [0.5, 0.6) is 0 Å². The van der Waals surface area contributed by atoms with Crippen LogP contribution in [0.15, 0.2) is 38.9 Å². The third kappa shape index (κ3) is 2.43. The van der Waals surface area contributed by atoms with Gasteiger partial charge < -0.3 is 4.42 Å². The molecule has 110 valence electrons. The molecule has 3 nitrogen and oxygen atoms in total. The average molecular weight is 322 g/mol. The first-order valence-electron chi connectivity index (χ1n) is 6.99. The Bertz CT molecular complexity index is 830. The van der Waals surface area contributed by atoms with E-state index in [0.717, 1.165) is 22.4 Å². The van der Waals surface area contributed by atoms with Crippen molar-refractivity contribution in [2.75, 3.05) is 0 Å². The zero-order chi connectivity index (χ0) is 15.0. The summed E-state index contributed by atoms with van der Waals surface area (Å²) in [5.41, 5.74) is 3.64. The van der Waals surface area contributed by atoms with E-state index in [4.69, 9.17) is 16.0 Å². The lowest BCUT2D eigenvalue weighted by Crippen LogP contribution is -2.11. The normalized spacial score (nSPS) is 12.9. The number of halogens is 1. The van der Waals surface area contributed by atoms with Gasteiger partial charge in [-0.25, -0.2) is 4.79 Å². The third-order valence-electron chi connectivity index (χ3n) is 3.69. The fraction of sp³-hybridized carbons (Fsp3) is 0.312. The minimum absolute atomic E-state index is 0.209. The summed E-state index contributed by atoms with van der Waals surface area (Å²) >= 11 is 8.29. The molecule has 3 rings (SSSR count). The first kappa shape index (κ1) is 14.4. The molecule has 1 aromatic carbocycles. The Balaban J connectivity index is 2.07. The predicted molar refractivity (Wildman–Crippen MR) is 87.5 cm³/mol. The highest BCUT2D eigenvalue weighted by Gasteiger charge is 2.17. The molecule has 0 aliphatic carbocycles. The van der Waals surface area contributed by atoms with Crippen LogP contribution in [0, 0.1) is 0 Å². The molecule has 1 unspecified atom stereocenters. The maximum absolute atomic E-state index is 11.7. The molecule has 0 aliphatic heterocycles. The van der Waals surface area contributed by atoms with Crippen LogP contribution in [0.3, 0.4) is 0 Å². The van der Waals surface area contributed by atoms with E-state index >= 15 is 0 Å². The van der Waals surface area contributed by atoms with E-state index in [-0.39, 0.29) is 11.1 Å². The molecular formula is C16H16ClNO2S. The zero-order valence-corrected chi connectivity index (χ0v) is 13.5. The van der Waals surface area contributed by atoms with Crippen LogP contribution in [0.1, 0.15) is 35.2 Å². The van der Waals surface area contributed by atoms with Gasteiger partial charge in [0.1, 0.15) is 0 Å². The Kier molecular flexibility index (Phi) is 3.91. The summed E-state index contributed by atoms with van der Waals surface area (Å²) in [5, 5.41) is 1.86. The molecule has 0 radical (unpaired) electrons. The van der Waals surface area contributed by atoms with Gasteiger partial charge in [-0.15, -0.1) is 22.9 Å².